The van der Waals surface area contributed by atoms with E-state index in [1.165, 1.54) is 11.4 Å². The van der Waals surface area contributed by atoms with Crippen molar-refractivity contribution in [2.45, 2.75) is 51.2 Å². The van der Waals surface area contributed by atoms with Gasteiger partial charge in [0.15, 0.2) is 5.72 Å². The number of rotatable bonds is 2. The first-order chi connectivity index (χ1) is 10.5. The summed E-state index contributed by atoms with van der Waals surface area (Å²) < 4.78 is 0. The van der Waals surface area contributed by atoms with Gasteiger partial charge >= 0.3 is 0 Å². The third-order valence-corrected chi connectivity index (χ3v) is 4.95. The monoisotopic (exact) mass is 320 g/mol. The number of carbonyl (C=O) groups excluding carboxylic acids is 1. The van der Waals surface area contributed by atoms with Crippen molar-refractivity contribution in [3.63, 3.8) is 0 Å². The highest BCUT2D eigenvalue weighted by molar-refractivity contribution is 6.30. The zero-order valence-electron chi connectivity index (χ0n) is 12.8. The second-order valence-corrected chi connectivity index (χ2v) is 6.79. The van der Waals surface area contributed by atoms with Crippen molar-refractivity contribution in [2.24, 2.45) is 11.0 Å². The summed E-state index contributed by atoms with van der Waals surface area (Å²) in [5.41, 5.74) is 0.119. The van der Waals surface area contributed by atoms with Gasteiger partial charge in [0.1, 0.15) is 0 Å². The molecule has 118 valence electrons. The smallest absolute Gasteiger partial charge is 0.276 e. The van der Waals surface area contributed by atoms with E-state index in [-0.39, 0.29) is 11.8 Å². The zero-order chi connectivity index (χ0) is 15.7. The van der Waals surface area contributed by atoms with E-state index in [0.717, 1.165) is 31.4 Å². The molecule has 0 bridgehead atoms. The molecule has 4 nitrogen and oxygen atoms in total. The normalized spacial score (nSPS) is 26.1. The Morgan fingerprint density at radius 2 is 1.91 bits per heavy atom. The zero-order valence-corrected chi connectivity index (χ0v) is 13.5. The molecule has 5 heteroatoms. The predicted octanol–water partition coefficient (Wildman–Crippen LogP) is 3.83. The molecule has 0 aromatic heterocycles. The highest BCUT2D eigenvalue weighted by Gasteiger charge is 2.49. The van der Waals surface area contributed by atoms with Crippen LogP contribution in [0.5, 0.6) is 0 Å². The minimum Gasteiger partial charge on any atom is -0.368 e. The fourth-order valence-electron chi connectivity index (χ4n) is 3.56. The Hall–Kier alpha value is -1.39. The maximum absolute atomic E-state index is 12.8. The van der Waals surface area contributed by atoms with Crippen LogP contribution in [0.3, 0.4) is 0 Å². The predicted molar refractivity (Wildman–Crippen MR) is 86.9 cm³/mol. The largest absolute Gasteiger partial charge is 0.368 e. The number of halogens is 1. The number of carbonyl (C=O) groups is 1. The van der Waals surface area contributed by atoms with Crippen LogP contribution >= 0.6 is 11.6 Å². The van der Waals surface area contributed by atoms with Crippen LogP contribution in [0.1, 0.15) is 55.8 Å². The van der Waals surface area contributed by atoms with Crippen LogP contribution in [0.2, 0.25) is 5.02 Å². The molecule has 1 aromatic rings. The summed E-state index contributed by atoms with van der Waals surface area (Å²) in [7, 11) is 0. The quantitative estimate of drug-likeness (QED) is 0.900. The topological polar surface area (TPSA) is 52.9 Å². The van der Waals surface area contributed by atoms with Crippen molar-refractivity contribution in [3.05, 3.63) is 34.9 Å². The van der Waals surface area contributed by atoms with Gasteiger partial charge in [0.25, 0.3) is 5.91 Å². The van der Waals surface area contributed by atoms with Crippen LogP contribution in [0.25, 0.3) is 0 Å². The Kier molecular flexibility index (Phi) is 4.24. The molecular formula is C17H21ClN2O2. The molecule has 2 aliphatic rings. The molecule has 1 heterocycles. The van der Waals surface area contributed by atoms with E-state index >= 15 is 0 Å². The van der Waals surface area contributed by atoms with Crippen LogP contribution in [0.4, 0.5) is 0 Å². The Labute approximate surface area is 135 Å². The lowest BCUT2D eigenvalue weighted by molar-refractivity contribution is -0.122. The van der Waals surface area contributed by atoms with E-state index in [1.807, 2.05) is 6.92 Å². The van der Waals surface area contributed by atoms with Gasteiger partial charge in [-0.25, -0.2) is 0 Å². The maximum Gasteiger partial charge on any atom is 0.276 e. The minimum atomic E-state index is -1.18. The van der Waals surface area contributed by atoms with Crippen molar-refractivity contribution >= 4 is 23.2 Å². The summed E-state index contributed by atoms with van der Waals surface area (Å²) >= 11 is 5.88. The van der Waals surface area contributed by atoms with Gasteiger partial charge < -0.3 is 5.11 Å². The van der Waals surface area contributed by atoms with Crippen LogP contribution < -0.4 is 0 Å². The first kappa shape index (κ1) is 15.5. The molecule has 1 fully saturated rings. The highest BCUT2D eigenvalue weighted by atomic mass is 35.5. The molecule has 1 aliphatic carbocycles. The maximum atomic E-state index is 12.8. The van der Waals surface area contributed by atoms with Crippen molar-refractivity contribution in [1.82, 2.24) is 5.01 Å². The van der Waals surface area contributed by atoms with Crippen molar-refractivity contribution in [1.29, 1.82) is 0 Å². The number of hydrazone groups is 1. The SMILES string of the molecule is CC1=NN(C(=O)c2ccc(Cl)cc2)C(O)(C2CCCCC2)C1. The van der Waals surface area contributed by atoms with E-state index in [4.69, 9.17) is 11.6 Å². The van der Waals surface area contributed by atoms with E-state index in [2.05, 4.69) is 5.10 Å². The Morgan fingerprint density at radius 3 is 2.55 bits per heavy atom. The molecule has 1 aromatic carbocycles. The second-order valence-electron chi connectivity index (χ2n) is 6.35. The molecule has 22 heavy (non-hydrogen) atoms. The van der Waals surface area contributed by atoms with Gasteiger partial charge in [-0.05, 0) is 44.0 Å². The Morgan fingerprint density at radius 1 is 1.27 bits per heavy atom. The van der Waals surface area contributed by atoms with Gasteiger partial charge in [-0.2, -0.15) is 10.1 Å². The molecular weight excluding hydrogens is 300 g/mol. The summed E-state index contributed by atoms with van der Waals surface area (Å²) in [4.78, 5) is 12.8. The summed E-state index contributed by atoms with van der Waals surface area (Å²) in [6.45, 7) is 1.86. The van der Waals surface area contributed by atoms with Gasteiger partial charge in [-0.15, -0.1) is 0 Å². The van der Waals surface area contributed by atoms with E-state index in [1.54, 1.807) is 24.3 Å². The van der Waals surface area contributed by atoms with Crippen LogP contribution in [-0.2, 0) is 0 Å². The van der Waals surface area contributed by atoms with E-state index in [0.29, 0.717) is 17.0 Å². The van der Waals surface area contributed by atoms with Crippen molar-refractivity contribution in [3.8, 4) is 0 Å². The number of benzene rings is 1. The average molecular weight is 321 g/mol. The van der Waals surface area contributed by atoms with Crippen LogP contribution in [0, 0.1) is 5.92 Å². The fourth-order valence-corrected chi connectivity index (χ4v) is 3.69. The molecule has 1 unspecified atom stereocenters. The molecule has 3 rings (SSSR count). The Balaban J connectivity index is 1.88. The first-order valence-corrected chi connectivity index (χ1v) is 8.25. The van der Waals surface area contributed by atoms with Gasteiger partial charge in [0, 0.05) is 28.6 Å². The number of amides is 1. The second kappa shape index (κ2) is 6.01. The Bertz CT molecular complexity index is 593. The number of hydrogen-bond donors (Lipinski definition) is 1. The standard InChI is InChI=1S/C17H21ClN2O2/c1-12-11-17(22,14-5-3-2-4-6-14)20(19-12)16(21)13-7-9-15(18)10-8-13/h7-10,14,22H,2-6,11H2,1H3. The third-order valence-electron chi connectivity index (χ3n) is 4.70. The molecule has 1 saturated carbocycles. The summed E-state index contributed by atoms with van der Waals surface area (Å²) in [6.07, 6.45) is 5.76. The minimum absolute atomic E-state index is 0.0960. The number of aliphatic hydroxyl groups is 1. The van der Waals surface area contributed by atoms with Crippen LogP contribution in [0.15, 0.2) is 29.4 Å². The van der Waals surface area contributed by atoms with E-state index in [9.17, 15) is 9.90 Å². The molecule has 1 aliphatic heterocycles. The third kappa shape index (κ3) is 2.77. The lowest BCUT2D eigenvalue weighted by atomic mass is 9.79. The molecule has 1 atom stereocenters. The summed E-state index contributed by atoms with van der Waals surface area (Å²) in [5.74, 6) is -0.166. The van der Waals surface area contributed by atoms with Crippen LogP contribution in [-0.4, -0.2) is 27.5 Å². The first-order valence-electron chi connectivity index (χ1n) is 7.87. The molecule has 1 amide bonds. The number of nitrogens with zero attached hydrogens (tertiary/aromatic N) is 2. The van der Waals surface area contributed by atoms with E-state index < -0.39 is 5.72 Å². The van der Waals surface area contributed by atoms with Gasteiger partial charge in [0.2, 0.25) is 0 Å². The lowest BCUT2D eigenvalue weighted by Crippen LogP contribution is -2.52. The van der Waals surface area contributed by atoms with Gasteiger partial charge in [-0.3, -0.25) is 4.79 Å². The highest BCUT2D eigenvalue weighted by Crippen LogP contribution is 2.41. The summed E-state index contributed by atoms with van der Waals surface area (Å²) in [6, 6.07) is 6.71. The average Bonchev–Trinajstić information content (AvgIpc) is 2.84. The number of hydrogen-bond acceptors (Lipinski definition) is 3. The molecule has 0 spiro atoms. The molecule has 0 saturated heterocycles. The van der Waals surface area contributed by atoms with Crippen molar-refractivity contribution < 1.29 is 9.90 Å². The fraction of sp³-hybridized carbons (Fsp3) is 0.529. The molecule has 0 radical (unpaired) electrons. The van der Waals surface area contributed by atoms with Crippen molar-refractivity contribution in [2.75, 3.05) is 0 Å². The molecule has 1 N–H and O–H groups in total. The lowest BCUT2D eigenvalue weighted by Gasteiger charge is -2.40. The summed E-state index contributed by atoms with van der Waals surface area (Å²) in [5, 5.41) is 17.4. The van der Waals surface area contributed by atoms with Gasteiger partial charge in [0.05, 0.1) is 0 Å². The van der Waals surface area contributed by atoms with Gasteiger partial charge in [-0.1, -0.05) is 30.9 Å².